The number of benzene rings is 2. The zero-order chi connectivity index (χ0) is 19.1. The van der Waals surface area contributed by atoms with Gasteiger partial charge in [-0.2, -0.15) is 0 Å². The summed E-state index contributed by atoms with van der Waals surface area (Å²) in [6.07, 6.45) is 0. The predicted molar refractivity (Wildman–Crippen MR) is 94.7 cm³/mol. The number of rotatable bonds is 6. The maximum absolute atomic E-state index is 13.4. The van der Waals surface area contributed by atoms with E-state index in [1.54, 1.807) is 12.1 Å². The van der Waals surface area contributed by atoms with E-state index in [0.29, 0.717) is 10.2 Å². The van der Waals surface area contributed by atoms with E-state index in [9.17, 15) is 14.0 Å². The zero-order valence-electron chi connectivity index (χ0n) is 14.0. The van der Waals surface area contributed by atoms with Crippen molar-refractivity contribution in [3.05, 3.63) is 52.3 Å². The third kappa shape index (κ3) is 4.85. The largest absolute Gasteiger partial charge is 0.497 e. The molecule has 0 saturated carbocycles. The molecule has 0 aliphatic carbocycles. The van der Waals surface area contributed by atoms with Crippen LogP contribution in [0.3, 0.4) is 0 Å². The van der Waals surface area contributed by atoms with E-state index >= 15 is 0 Å². The summed E-state index contributed by atoms with van der Waals surface area (Å²) in [5.74, 6) is -1.23. The molecular weight excluding hydrogens is 411 g/mol. The maximum atomic E-state index is 13.4. The fourth-order valence-corrected chi connectivity index (χ4v) is 2.60. The molecule has 0 heterocycles. The number of methoxy groups -OCH3 is 2. The van der Waals surface area contributed by atoms with E-state index < -0.39 is 24.2 Å². The van der Waals surface area contributed by atoms with Crippen molar-refractivity contribution in [3.63, 3.8) is 0 Å². The van der Waals surface area contributed by atoms with Gasteiger partial charge in [0, 0.05) is 0 Å². The number of amides is 2. The van der Waals surface area contributed by atoms with Crippen LogP contribution in [0.1, 0.15) is 10.4 Å². The van der Waals surface area contributed by atoms with Crippen LogP contribution < -0.4 is 25.1 Å². The monoisotopic (exact) mass is 426 g/mol. The molecule has 0 spiro atoms. The first-order chi connectivity index (χ1) is 12.5. The smallest absolute Gasteiger partial charge is 0.276 e. The fraction of sp³-hybridized carbons (Fsp3) is 0.176. The Morgan fingerprint density at radius 1 is 1.12 bits per heavy atom. The van der Waals surface area contributed by atoms with Crippen molar-refractivity contribution >= 4 is 27.7 Å². The summed E-state index contributed by atoms with van der Waals surface area (Å²) in [6.45, 7) is -0.472. The number of carbonyl (C=O) groups is 2. The molecule has 2 aromatic rings. The van der Waals surface area contributed by atoms with Crippen LogP contribution >= 0.6 is 15.9 Å². The van der Waals surface area contributed by atoms with Crippen LogP contribution in [0.2, 0.25) is 0 Å². The second-order valence-corrected chi connectivity index (χ2v) is 5.77. The van der Waals surface area contributed by atoms with Crippen LogP contribution in [0.5, 0.6) is 17.2 Å². The van der Waals surface area contributed by atoms with Gasteiger partial charge in [0.1, 0.15) is 11.5 Å². The highest BCUT2D eigenvalue weighted by molar-refractivity contribution is 9.10. The van der Waals surface area contributed by atoms with Crippen LogP contribution in [0, 0.1) is 5.82 Å². The van der Waals surface area contributed by atoms with E-state index in [0.717, 1.165) is 0 Å². The van der Waals surface area contributed by atoms with Gasteiger partial charge in [-0.05, 0) is 40.2 Å². The number of carbonyl (C=O) groups excluding carboxylic acids is 2. The Bertz CT molecular complexity index is 816. The van der Waals surface area contributed by atoms with Gasteiger partial charge in [-0.3, -0.25) is 20.4 Å². The molecule has 2 aromatic carbocycles. The second kappa shape index (κ2) is 9.04. The minimum atomic E-state index is -0.664. The number of hydrogen-bond donors (Lipinski definition) is 2. The first kappa shape index (κ1) is 19.5. The SMILES string of the molecule is COc1cc(Br)c(OC)c(C(=O)NNC(=O)COc2ccccc2F)c1. The normalized spacial score (nSPS) is 10.0. The van der Waals surface area contributed by atoms with E-state index in [2.05, 4.69) is 26.8 Å². The van der Waals surface area contributed by atoms with Gasteiger partial charge in [0.15, 0.2) is 18.2 Å². The minimum Gasteiger partial charge on any atom is -0.497 e. The number of ether oxygens (including phenoxy) is 3. The third-order valence-electron chi connectivity index (χ3n) is 3.21. The Morgan fingerprint density at radius 2 is 1.85 bits per heavy atom. The summed E-state index contributed by atoms with van der Waals surface area (Å²) < 4.78 is 29.3. The van der Waals surface area contributed by atoms with Crippen molar-refractivity contribution < 1.29 is 28.2 Å². The second-order valence-electron chi connectivity index (χ2n) is 4.91. The summed E-state index contributed by atoms with van der Waals surface area (Å²) >= 11 is 3.28. The summed E-state index contributed by atoms with van der Waals surface area (Å²) in [5, 5.41) is 0. The predicted octanol–water partition coefficient (Wildman–Crippen LogP) is 2.45. The summed E-state index contributed by atoms with van der Waals surface area (Å²) in [7, 11) is 2.86. The Hall–Kier alpha value is -2.81. The van der Waals surface area contributed by atoms with Crippen LogP contribution in [-0.2, 0) is 4.79 Å². The lowest BCUT2D eigenvalue weighted by Gasteiger charge is -2.13. The lowest BCUT2D eigenvalue weighted by Crippen LogP contribution is -2.44. The fourth-order valence-electron chi connectivity index (χ4n) is 2.00. The zero-order valence-corrected chi connectivity index (χ0v) is 15.6. The highest BCUT2D eigenvalue weighted by Gasteiger charge is 2.18. The van der Waals surface area contributed by atoms with Crippen LogP contribution in [0.15, 0.2) is 40.9 Å². The average molecular weight is 427 g/mol. The molecule has 0 fully saturated rings. The van der Waals surface area contributed by atoms with E-state index in [4.69, 9.17) is 14.2 Å². The molecule has 0 radical (unpaired) electrons. The van der Waals surface area contributed by atoms with Crippen molar-refractivity contribution in [1.82, 2.24) is 10.9 Å². The third-order valence-corrected chi connectivity index (χ3v) is 3.80. The van der Waals surface area contributed by atoms with Crippen LogP contribution in [0.4, 0.5) is 4.39 Å². The molecule has 9 heteroatoms. The summed E-state index contributed by atoms with van der Waals surface area (Å²) in [6, 6.07) is 8.77. The number of hydrazine groups is 1. The Balaban J connectivity index is 1.97. The minimum absolute atomic E-state index is 0.0626. The number of nitrogens with one attached hydrogen (secondary N) is 2. The van der Waals surface area contributed by atoms with Crippen molar-refractivity contribution in [2.45, 2.75) is 0 Å². The van der Waals surface area contributed by atoms with Crippen molar-refractivity contribution in [2.75, 3.05) is 20.8 Å². The van der Waals surface area contributed by atoms with Gasteiger partial charge in [-0.1, -0.05) is 12.1 Å². The molecule has 138 valence electrons. The molecule has 0 unspecified atom stereocenters. The van der Waals surface area contributed by atoms with Gasteiger partial charge in [0.2, 0.25) is 0 Å². The van der Waals surface area contributed by atoms with Crippen molar-refractivity contribution in [1.29, 1.82) is 0 Å². The Labute approximate surface area is 157 Å². The lowest BCUT2D eigenvalue weighted by molar-refractivity contribution is -0.123. The maximum Gasteiger partial charge on any atom is 0.276 e. The molecule has 26 heavy (non-hydrogen) atoms. The van der Waals surface area contributed by atoms with Crippen molar-refractivity contribution in [3.8, 4) is 17.2 Å². The molecule has 0 bridgehead atoms. The van der Waals surface area contributed by atoms with Gasteiger partial charge < -0.3 is 14.2 Å². The van der Waals surface area contributed by atoms with Gasteiger partial charge in [0.05, 0.1) is 24.3 Å². The highest BCUT2D eigenvalue weighted by atomic mass is 79.9. The highest BCUT2D eigenvalue weighted by Crippen LogP contribution is 2.33. The van der Waals surface area contributed by atoms with E-state index in [1.807, 2.05) is 0 Å². The molecule has 0 atom stereocenters. The van der Waals surface area contributed by atoms with Crippen molar-refractivity contribution in [2.24, 2.45) is 0 Å². The van der Waals surface area contributed by atoms with E-state index in [1.165, 1.54) is 38.5 Å². The quantitative estimate of drug-likeness (QED) is 0.692. The molecule has 0 aliphatic heterocycles. The first-order valence-corrected chi connectivity index (χ1v) is 8.13. The van der Waals surface area contributed by atoms with Gasteiger partial charge in [-0.15, -0.1) is 0 Å². The van der Waals surface area contributed by atoms with Gasteiger partial charge in [-0.25, -0.2) is 4.39 Å². The van der Waals surface area contributed by atoms with Crippen LogP contribution in [-0.4, -0.2) is 32.6 Å². The molecule has 2 rings (SSSR count). The molecule has 2 amide bonds. The average Bonchev–Trinajstić information content (AvgIpc) is 2.64. The Kier molecular flexibility index (Phi) is 6.79. The van der Waals surface area contributed by atoms with E-state index in [-0.39, 0.29) is 17.1 Å². The van der Waals surface area contributed by atoms with Gasteiger partial charge in [0.25, 0.3) is 11.8 Å². The summed E-state index contributed by atoms with van der Waals surface area (Å²) in [5.41, 5.74) is 4.56. The molecule has 0 aromatic heterocycles. The first-order valence-electron chi connectivity index (χ1n) is 7.34. The molecule has 0 aliphatic rings. The Morgan fingerprint density at radius 3 is 2.50 bits per heavy atom. The standard InChI is InChI=1S/C17H16BrFN2O5/c1-24-10-7-11(16(25-2)12(18)8-10)17(23)21-20-15(22)9-26-14-6-4-3-5-13(14)19/h3-8H,9H2,1-2H3,(H,20,22)(H,21,23). The molecule has 0 saturated heterocycles. The summed E-state index contributed by atoms with van der Waals surface area (Å²) in [4.78, 5) is 24.1. The lowest BCUT2D eigenvalue weighted by atomic mass is 10.2. The molecular formula is C17H16BrFN2O5. The molecule has 7 nitrogen and oxygen atoms in total. The number of hydrogen-bond acceptors (Lipinski definition) is 5. The number of halogens is 2. The van der Waals surface area contributed by atoms with Gasteiger partial charge >= 0.3 is 0 Å². The number of para-hydroxylation sites is 1. The topological polar surface area (TPSA) is 85.9 Å². The molecule has 2 N–H and O–H groups in total. The van der Waals surface area contributed by atoms with Crippen LogP contribution in [0.25, 0.3) is 0 Å².